The number of nitrogens with zero attached hydrogens (tertiary/aromatic N) is 2. The molecule has 0 bridgehead atoms. The van der Waals surface area contributed by atoms with Crippen LogP contribution in [0.1, 0.15) is 15.9 Å². The smallest absolute Gasteiger partial charge is 0.337 e. The number of hydrogen-bond acceptors (Lipinski definition) is 4. The predicted molar refractivity (Wildman–Crippen MR) is 65.6 cm³/mol. The van der Waals surface area contributed by atoms with Gasteiger partial charge in [-0.1, -0.05) is 0 Å². The van der Waals surface area contributed by atoms with Crippen LogP contribution in [-0.4, -0.2) is 32.3 Å². The van der Waals surface area contributed by atoms with E-state index in [1.807, 2.05) is 0 Å². The molecule has 4 N–H and O–H groups in total. The van der Waals surface area contributed by atoms with Crippen molar-refractivity contribution in [2.45, 2.75) is 6.54 Å². The molecule has 0 saturated heterocycles. The van der Waals surface area contributed by atoms with Gasteiger partial charge in [-0.3, -0.25) is 10.1 Å². The Bertz CT molecular complexity index is 582. The molecule has 2 amide bonds. The molecule has 0 unspecified atom stereocenters. The monoisotopic (exact) mass is 261 g/mol. The molecule has 0 fully saturated rings. The first-order valence-corrected chi connectivity index (χ1v) is 5.36. The number of hydrogen-bond donors (Lipinski definition) is 4. The molecule has 19 heavy (non-hydrogen) atoms. The van der Waals surface area contributed by atoms with Crippen LogP contribution >= 0.6 is 0 Å². The van der Waals surface area contributed by atoms with Gasteiger partial charge < -0.3 is 15.7 Å². The third-order valence-corrected chi connectivity index (χ3v) is 2.25. The number of carboxylic acid groups (broad SMARTS) is 1. The van der Waals surface area contributed by atoms with Crippen molar-refractivity contribution in [2.75, 3.05) is 5.32 Å². The Kier molecular flexibility index (Phi) is 3.72. The quantitative estimate of drug-likeness (QED) is 0.649. The summed E-state index contributed by atoms with van der Waals surface area (Å²) in [5, 5.41) is 20.3. The lowest BCUT2D eigenvalue weighted by molar-refractivity contribution is 0.0696. The van der Waals surface area contributed by atoms with E-state index in [0.29, 0.717) is 12.2 Å². The van der Waals surface area contributed by atoms with Crippen LogP contribution in [0.4, 0.5) is 10.5 Å². The van der Waals surface area contributed by atoms with Gasteiger partial charge in [0.2, 0.25) is 0 Å². The fourth-order valence-electron chi connectivity index (χ4n) is 1.36. The van der Waals surface area contributed by atoms with Gasteiger partial charge in [0, 0.05) is 24.5 Å². The minimum absolute atomic E-state index is 0.00707. The van der Waals surface area contributed by atoms with Crippen molar-refractivity contribution < 1.29 is 14.7 Å². The molecule has 0 spiro atoms. The molecule has 0 aromatic carbocycles. The number of aromatic amines is 1. The molecule has 2 aromatic heterocycles. The van der Waals surface area contributed by atoms with Gasteiger partial charge in [-0.05, 0) is 6.07 Å². The molecular formula is C11H11N5O3. The van der Waals surface area contributed by atoms with E-state index in [1.54, 1.807) is 12.4 Å². The average molecular weight is 261 g/mol. The summed E-state index contributed by atoms with van der Waals surface area (Å²) in [6, 6.07) is 0.873. The highest BCUT2D eigenvalue weighted by Gasteiger charge is 2.06. The van der Waals surface area contributed by atoms with E-state index < -0.39 is 12.0 Å². The number of carbonyl (C=O) groups excluding carboxylic acids is 1. The zero-order valence-corrected chi connectivity index (χ0v) is 9.75. The Hall–Kier alpha value is -2.90. The highest BCUT2D eigenvalue weighted by molar-refractivity contribution is 5.92. The van der Waals surface area contributed by atoms with Gasteiger partial charge in [0.05, 0.1) is 23.6 Å². The molecule has 2 rings (SSSR count). The average Bonchev–Trinajstić information content (AvgIpc) is 2.90. The Balaban J connectivity index is 1.91. The summed E-state index contributed by atoms with van der Waals surface area (Å²) in [6.07, 6.45) is 5.82. The highest BCUT2D eigenvalue weighted by Crippen LogP contribution is 2.08. The summed E-state index contributed by atoms with van der Waals surface area (Å²) < 4.78 is 0. The number of nitrogens with one attached hydrogen (secondary N) is 3. The van der Waals surface area contributed by atoms with Crippen LogP contribution in [0.3, 0.4) is 0 Å². The van der Waals surface area contributed by atoms with Crippen molar-refractivity contribution in [2.24, 2.45) is 0 Å². The molecule has 2 aromatic rings. The number of aromatic carboxylic acids is 1. The first kappa shape index (κ1) is 12.6. The number of urea groups is 1. The zero-order valence-electron chi connectivity index (χ0n) is 9.75. The van der Waals surface area contributed by atoms with E-state index in [9.17, 15) is 9.59 Å². The molecule has 8 nitrogen and oxygen atoms in total. The van der Waals surface area contributed by atoms with E-state index in [2.05, 4.69) is 25.8 Å². The highest BCUT2D eigenvalue weighted by atomic mass is 16.4. The van der Waals surface area contributed by atoms with Crippen LogP contribution in [0.15, 0.2) is 30.9 Å². The number of amides is 2. The van der Waals surface area contributed by atoms with Crippen molar-refractivity contribution in [3.8, 4) is 0 Å². The Morgan fingerprint density at radius 2 is 2.16 bits per heavy atom. The molecule has 0 aliphatic carbocycles. The summed E-state index contributed by atoms with van der Waals surface area (Å²) >= 11 is 0. The second kappa shape index (κ2) is 5.63. The Morgan fingerprint density at radius 3 is 2.84 bits per heavy atom. The lowest BCUT2D eigenvalue weighted by atomic mass is 10.2. The van der Waals surface area contributed by atoms with Gasteiger partial charge in [0.15, 0.2) is 0 Å². The topological polar surface area (TPSA) is 120 Å². The van der Waals surface area contributed by atoms with Crippen LogP contribution in [0.5, 0.6) is 0 Å². The maximum atomic E-state index is 11.6. The minimum atomic E-state index is -1.10. The van der Waals surface area contributed by atoms with E-state index in [1.165, 1.54) is 18.5 Å². The van der Waals surface area contributed by atoms with Crippen LogP contribution in [0.25, 0.3) is 0 Å². The van der Waals surface area contributed by atoms with E-state index in [0.717, 1.165) is 5.56 Å². The lowest BCUT2D eigenvalue weighted by Gasteiger charge is -2.06. The number of aromatic nitrogens is 3. The summed E-state index contributed by atoms with van der Waals surface area (Å²) in [6.45, 7) is 0.314. The first-order valence-electron chi connectivity index (χ1n) is 5.36. The second-order valence-electron chi connectivity index (χ2n) is 3.68. The zero-order chi connectivity index (χ0) is 13.7. The largest absolute Gasteiger partial charge is 0.478 e. The molecule has 0 radical (unpaired) electrons. The van der Waals surface area contributed by atoms with E-state index in [4.69, 9.17) is 5.11 Å². The number of rotatable bonds is 4. The number of carboxylic acids is 1. The fourth-order valence-corrected chi connectivity index (χ4v) is 1.36. The van der Waals surface area contributed by atoms with Gasteiger partial charge >= 0.3 is 12.0 Å². The van der Waals surface area contributed by atoms with E-state index >= 15 is 0 Å². The third kappa shape index (κ3) is 3.53. The maximum Gasteiger partial charge on any atom is 0.337 e. The fraction of sp³-hybridized carbons (Fsp3) is 0.0909. The second-order valence-corrected chi connectivity index (χ2v) is 3.68. The Labute approximate surface area is 107 Å². The molecule has 0 atom stereocenters. The molecule has 8 heteroatoms. The van der Waals surface area contributed by atoms with Crippen LogP contribution in [0, 0.1) is 0 Å². The Morgan fingerprint density at radius 1 is 1.32 bits per heavy atom. The number of H-pyrrole nitrogens is 1. The molecule has 2 heterocycles. The summed E-state index contributed by atoms with van der Waals surface area (Å²) in [5.74, 6) is -1.10. The SMILES string of the molecule is O=C(NCc1cn[nH]c1)Nc1cncc(C(=O)O)c1. The lowest BCUT2D eigenvalue weighted by Crippen LogP contribution is -2.28. The summed E-state index contributed by atoms with van der Waals surface area (Å²) in [4.78, 5) is 26.0. The van der Waals surface area contributed by atoms with Gasteiger partial charge in [0.1, 0.15) is 0 Å². The minimum Gasteiger partial charge on any atom is -0.478 e. The van der Waals surface area contributed by atoms with Crippen LogP contribution < -0.4 is 10.6 Å². The van der Waals surface area contributed by atoms with Gasteiger partial charge in [-0.2, -0.15) is 5.10 Å². The summed E-state index contributed by atoms with van der Waals surface area (Å²) in [7, 11) is 0. The maximum absolute atomic E-state index is 11.6. The number of carbonyl (C=O) groups is 2. The van der Waals surface area contributed by atoms with Gasteiger partial charge in [-0.25, -0.2) is 9.59 Å². The van der Waals surface area contributed by atoms with Crippen LogP contribution in [-0.2, 0) is 6.54 Å². The molecule has 0 aliphatic rings. The molecular weight excluding hydrogens is 250 g/mol. The molecule has 0 saturated carbocycles. The van der Waals surface area contributed by atoms with Gasteiger partial charge in [-0.15, -0.1) is 0 Å². The predicted octanol–water partition coefficient (Wildman–Crippen LogP) is 0.825. The number of anilines is 1. The first-order chi connectivity index (χ1) is 9.15. The third-order valence-electron chi connectivity index (χ3n) is 2.25. The summed E-state index contributed by atoms with van der Waals surface area (Å²) in [5.41, 5.74) is 1.14. The van der Waals surface area contributed by atoms with Crippen molar-refractivity contribution in [1.82, 2.24) is 20.5 Å². The van der Waals surface area contributed by atoms with Crippen molar-refractivity contribution in [3.05, 3.63) is 42.0 Å². The molecule has 0 aliphatic heterocycles. The normalized spacial score (nSPS) is 9.89. The van der Waals surface area contributed by atoms with Crippen molar-refractivity contribution in [1.29, 1.82) is 0 Å². The number of pyridine rings is 1. The van der Waals surface area contributed by atoms with Crippen molar-refractivity contribution in [3.63, 3.8) is 0 Å². The van der Waals surface area contributed by atoms with Gasteiger partial charge in [0.25, 0.3) is 0 Å². The van der Waals surface area contributed by atoms with E-state index in [-0.39, 0.29) is 5.56 Å². The molecule has 98 valence electrons. The van der Waals surface area contributed by atoms with Crippen molar-refractivity contribution >= 4 is 17.7 Å². The van der Waals surface area contributed by atoms with Crippen LogP contribution in [0.2, 0.25) is 0 Å². The standard InChI is InChI=1S/C11H11N5O3/c17-10(18)8-1-9(6-12-5-8)16-11(19)13-2-7-3-14-15-4-7/h1,3-6H,2H2,(H,14,15)(H,17,18)(H2,13,16,19).